The van der Waals surface area contributed by atoms with Gasteiger partial charge in [-0.3, -0.25) is 4.79 Å². The maximum atomic E-state index is 12.0. The van der Waals surface area contributed by atoms with E-state index in [9.17, 15) is 4.79 Å². The average molecular weight is 285 g/mol. The van der Waals surface area contributed by atoms with Crippen LogP contribution in [0.5, 0.6) is 0 Å². The minimum atomic E-state index is -0.173. The van der Waals surface area contributed by atoms with Gasteiger partial charge in [-0.1, -0.05) is 24.0 Å². The van der Waals surface area contributed by atoms with Crippen LogP contribution >= 0.6 is 11.3 Å². The second-order valence-corrected chi connectivity index (χ2v) is 5.33. The van der Waals surface area contributed by atoms with Crippen molar-refractivity contribution in [3.8, 4) is 11.8 Å². The first-order valence-electron chi connectivity index (χ1n) is 6.21. The second kappa shape index (κ2) is 6.90. The number of thiophene rings is 1. The molecule has 0 saturated heterocycles. The quantitative estimate of drug-likeness (QED) is 0.852. The van der Waals surface area contributed by atoms with Gasteiger partial charge in [-0.05, 0) is 36.1 Å². The SMILES string of the molecule is Cc1ccc(C#CCO)cc1NC(=O)Cc1cccs1. The molecular weight excluding hydrogens is 270 g/mol. The van der Waals surface area contributed by atoms with Crippen LogP contribution in [-0.4, -0.2) is 17.6 Å². The molecule has 1 heterocycles. The van der Waals surface area contributed by atoms with Crippen LogP contribution in [-0.2, 0) is 11.2 Å². The van der Waals surface area contributed by atoms with Gasteiger partial charge in [0.1, 0.15) is 6.61 Å². The molecule has 3 nitrogen and oxygen atoms in total. The summed E-state index contributed by atoms with van der Waals surface area (Å²) in [7, 11) is 0. The highest BCUT2D eigenvalue weighted by molar-refractivity contribution is 7.10. The number of hydrogen-bond acceptors (Lipinski definition) is 3. The van der Waals surface area contributed by atoms with Gasteiger partial charge in [0.25, 0.3) is 0 Å². The standard InChI is InChI=1S/C16H15NO2S/c1-12-6-7-13(4-2-8-18)10-15(12)17-16(19)11-14-5-3-9-20-14/h3,5-7,9-10,18H,8,11H2,1H3,(H,17,19). The number of carbonyl (C=O) groups is 1. The molecule has 0 aliphatic heterocycles. The molecule has 0 atom stereocenters. The summed E-state index contributed by atoms with van der Waals surface area (Å²) in [5.74, 6) is 5.39. The third kappa shape index (κ3) is 3.95. The first-order valence-corrected chi connectivity index (χ1v) is 7.09. The Morgan fingerprint density at radius 1 is 1.40 bits per heavy atom. The zero-order chi connectivity index (χ0) is 14.4. The Kier molecular flexibility index (Phi) is 4.94. The maximum absolute atomic E-state index is 12.0. The molecule has 2 rings (SSSR count). The molecule has 2 N–H and O–H groups in total. The predicted molar refractivity (Wildman–Crippen MR) is 81.8 cm³/mol. The lowest BCUT2D eigenvalue weighted by Crippen LogP contribution is -2.14. The van der Waals surface area contributed by atoms with E-state index in [2.05, 4.69) is 17.2 Å². The van der Waals surface area contributed by atoms with E-state index < -0.39 is 0 Å². The number of anilines is 1. The van der Waals surface area contributed by atoms with E-state index in [-0.39, 0.29) is 12.5 Å². The van der Waals surface area contributed by atoms with Crippen LogP contribution < -0.4 is 5.32 Å². The molecule has 1 aromatic carbocycles. The zero-order valence-electron chi connectivity index (χ0n) is 11.1. The van der Waals surface area contributed by atoms with E-state index >= 15 is 0 Å². The van der Waals surface area contributed by atoms with E-state index in [0.717, 1.165) is 21.7 Å². The van der Waals surface area contributed by atoms with Crippen LogP contribution in [0, 0.1) is 18.8 Å². The number of carbonyl (C=O) groups excluding carboxylic acids is 1. The van der Waals surface area contributed by atoms with Crippen LogP contribution in [0.25, 0.3) is 0 Å². The molecule has 0 bridgehead atoms. The summed E-state index contributed by atoms with van der Waals surface area (Å²) in [6.07, 6.45) is 0.379. The van der Waals surface area contributed by atoms with Gasteiger partial charge >= 0.3 is 0 Å². The van der Waals surface area contributed by atoms with Gasteiger partial charge in [-0.15, -0.1) is 11.3 Å². The first kappa shape index (κ1) is 14.3. The maximum Gasteiger partial charge on any atom is 0.229 e. The highest BCUT2D eigenvalue weighted by atomic mass is 32.1. The van der Waals surface area contributed by atoms with Crippen molar-refractivity contribution in [1.82, 2.24) is 0 Å². The molecule has 102 valence electrons. The van der Waals surface area contributed by atoms with Crippen LogP contribution in [0.1, 0.15) is 16.0 Å². The van der Waals surface area contributed by atoms with Crippen molar-refractivity contribution in [2.75, 3.05) is 11.9 Å². The average Bonchev–Trinajstić information content (AvgIpc) is 2.92. The molecule has 2 aromatic rings. The lowest BCUT2D eigenvalue weighted by atomic mass is 10.1. The Morgan fingerprint density at radius 3 is 2.95 bits per heavy atom. The topological polar surface area (TPSA) is 49.3 Å². The number of amides is 1. The minimum absolute atomic E-state index is 0.0391. The molecule has 0 aliphatic rings. The number of aryl methyl sites for hydroxylation is 1. The second-order valence-electron chi connectivity index (χ2n) is 4.29. The summed E-state index contributed by atoms with van der Waals surface area (Å²) < 4.78 is 0. The fourth-order valence-electron chi connectivity index (χ4n) is 1.74. The van der Waals surface area contributed by atoms with Gasteiger partial charge in [0.05, 0.1) is 6.42 Å². The van der Waals surface area contributed by atoms with Crippen LogP contribution in [0.15, 0.2) is 35.7 Å². The summed E-state index contributed by atoms with van der Waals surface area (Å²) in [5.41, 5.74) is 2.52. The van der Waals surface area contributed by atoms with Crippen molar-refractivity contribution in [2.24, 2.45) is 0 Å². The van der Waals surface area contributed by atoms with Crippen molar-refractivity contribution >= 4 is 22.9 Å². The Hall–Kier alpha value is -2.09. The molecule has 0 fully saturated rings. The summed E-state index contributed by atoms with van der Waals surface area (Å²) in [5, 5.41) is 13.6. The molecule has 0 spiro atoms. The fourth-order valence-corrected chi connectivity index (χ4v) is 2.45. The highest BCUT2D eigenvalue weighted by Gasteiger charge is 2.07. The van der Waals surface area contributed by atoms with E-state index in [1.807, 2.05) is 42.6 Å². The zero-order valence-corrected chi connectivity index (χ0v) is 12.0. The molecular formula is C16H15NO2S. The summed E-state index contributed by atoms with van der Waals surface area (Å²) >= 11 is 1.57. The number of hydrogen-bond donors (Lipinski definition) is 2. The first-order chi connectivity index (χ1) is 9.69. The smallest absolute Gasteiger partial charge is 0.229 e. The number of rotatable bonds is 3. The van der Waals surface area contributed by atoms with Crippen molar-refractivity contribution < 1.29 is 9.90 Å². The number of benzene rings is 1. The Bertz CT molecular complexity index is 651. The largest absolute Gasteiger partial charge is 0.384 e. The molecule has 0 aliphatic carbocycles. The lowest BCUT2D eigenvalue weighted by molar-refractivity contribution is -0.115. The van der Waals surface area contributed by atoms with Gasteiger partial charge in [-0.25, -0.2) is 0 Å². The Balaban J connectivity index is 2.09. The molecule has 0 saturated carbocycles. The summed E-state index contributed by atoms with van der Waals surface area (Å²) in [6.45, 7) is 1.76. The number of nitrogens with one attached hydrogen (secondary N) is 1. The Morgan fingerprint density at radius 2 is 2.25 bits per heavy atom. The van der Waals surface area contributed by atoms with Crippen LogP contribution in [0.3, 0.4) is 0 Å². The third-order valence-corrected chi connectivity index (χ3v) is 3.61. The van der Waals surface area contributed by atoms with Gasteiger partial charge in [0.15, 0.2) is 0 Å². The molecule has 0 radical (unpaired) electrons. The summed E-state index contributed by atoms with van der Waals surface area (Å²) in [4.78, 5) is 13.0. The normalized spacial score (nSPS) is 9.70. The third-order valence-electron chi connectivity index (χ3n) is 2.74. The van der Waals surface area contributed by atoms with E-state index in [4.69, 9.17) is 5.11 Å². The van der Waals surface area contributed by atoms with Crippen molar-refractivity contribution in [2.45, 2.75) is 13.3 Å². The van der Waals surface area contributed by atoms with E-state index in [1.54, 1.807) is 11.3 Å². The van der Waals surface area contributed by atoms with Crippen molar-refractivity contribution in [3.05, 3.63) is 51.7 Å². The molecule has 1 amide bonds. The molecule has 4 heteroatoms. The molecule has 0 unspecified atom stereocenters. The van der Waals surface area contributed by atoms with Crippen molar-refractivity contribution in [3.63, 3.8) is 0 Å². The van der Waals surface area contributed by atoms with E-state index in [1.165, 1.54) is 0 Å². The van der Waals surface area contributed by atoms with Gasteiger partial charge in [0, 0.05) is 16.1 Å². The predicted octanol–water partition coefficient (Wildman–Crippen LogP) is 2.58. The van der Waals surface area contributed by atoms with Gasteiger partial charge < -0.3 is 10.4 Å². The lowest BCUT2D eigenvalue weighted by Gasteiger charge is -2.08. The molecule has 1 aromatic heterocycles. The Labute approximate surface area is 122 Å². The van der Waals surface area contributed by atoms with Gasteiger partial charge in [0.2, 0.25) is 5.91 Å². The van der Waals surface area contributed by atoms with Crippen molar-refractivity contribution in [1.29, 1.82) is 0 Å². The fraction of sp³-hybridized carbons (Fsp3) is 0.188. The van der Waals surface area contributed by atoms with E-state index in [0.29, 0.717) is 6.42 Å². The number of aliphatic hydroxyl groups excluding tert-OH is 1. The summed E-state index contributed by atoms with van der Waals surface area (Å²) in [6, 6.07) is 9.48. The van der Waals surface area contributed by atoms with Crippen LogP contribution in [0.4, 0.5) is 5.69 Å². The highest BCUT2D eigenvalue weighted by Crippen LogP contribution is 2.17. The minimum Gasteiger partial charge on any atom is -0.384 e. The molecule has 20 heavy (non-hydrogen) atoms. The van der Waals surface area contributed by atoms with Gasteiger partial charge in [-0.2, -0.15) is 0 Å². The number of aliphatic hydroxyl groups is 1. The van der Waals surface area contributed by atoms with Crippen LogP contribution in [0.2, 0.25) is 0 Å². The monoisotopic (exact) mass is 285 g/mol.